The molecule has 1 aromatic carbocycles. The SMILES string of the molecule is O=C1c2ccccc2N=C(NO)[C@@H]2CCCN12. The molecule has 0 bridgehead atoms. The van der Waals surface area contributed by atoms with Crippen molar-refractivity contribution in [1.82, 2.24) is 10.4 Å². The molecule has 17 heavy (non-hydrogen) atoms. The molecule has 0 saturated carbocycles. The predicted octanol–water partition coefficient (Wildman–Crippen LogP) is 1.31. The summed E-state index contributed by atoms with van der Waals surface area (Å²) in [5, 5.41) is 9.16. The molecule has 1 atom stereocenters. The van der Waals surface area contributed by atoms with E-state index in [2.05, 4.69) is 10.5 Å². The van der Waals surface area contributed by atoms with Gasteiger partial charge in [0.1, 0.15) is 5.84 Å². The highest BCUT2D eigenvalue weighted by atomic mass is 16.5. The quantitative estimate of drug-likeness (QED) is 0.662. The number of hydrogen-bond donors (Lipinski definition) is 2. The molecule has 1 fully saturated rings. The third-order valence-electron chi connectivity index (χ3n) is 3.32. The first-order valence-corrected chi connectivity index (χ1v) is 5.70. The van der Waals surface area contributed by atoms with Gasteiger partial charge >= 0.3 is 0 Å². The first-order valence-electron chi connectivity index (χ1n) is 5.70. The topological polar surface area (TPSA) is 64.9 Å². The van der Waals surface area contributed by atoms with Crippen LogP contribution in [0.3, 0.4) is 0 Å². The zero-order chi connectivity index (χ0) is 11.8. The number of fused-ring (bicyclic) bond motifs is 2. The second-order valence-corrected chi connectivity index (χ2v) is 4.28. The van der Waals surface area contributed by atoms with Crippen molar-refractivity contribution in [3.63, 3.8) is 0 Å². The van der Waals surface area contributed by atoms with E-state index in [1.807, 2.05) is 12.1 Å². The average molecular weight is 231 g/mol. The van der Waals surface area contributed by atoms with Gasteiger partial charge in [-0.15, -0.1) is 0 Å². The molecule has 1 amide bonds. The summed E-state index contributed by atoms with van der Waals surface area (Å²) in [6, 6.07) is 7.10. The number of carbonyl (C=O) groups excluding carboxylic acids is 1. The fourth-order valence-electron chi connectivity index (χ4n) is 2.50. The molecule has 1 saturated heterocycles. The lowest BCUT2D eigenvalue weighted by atomic mass is 10.1. The third kappa shape index (κ3) is 1.51. The Hall–Kier alpha value is -1.88. The number of nitrogens with one attached hydrogen (secondary N) is 1. The highest BCUT2D eigenvalue weighted by molar-refractivity contribution is 6.05. The van der Waals surface area contributed by atoms with Crippen molar-refractivity contribution in [3.05, 3.63) is 29.8 Å². The molecule has 3 rings (SSSR count). The summed E-state index contributed by atoms with van der Waals surface area (Å²) in [6.45, 7) is 0.721. The van der Waals surface area contributed by atoms with Crippen LogP contribution in [0.5, 0.6) is 0 Å². The molecule has 1 aromatic rings. The van der Waals surface area contributed by atoms with Crippen LogP contribution in [0.15, 0.2) is 29.3 Å². The van der Waals surface area contributed by atoms with Crippen LogP contribution in [-0.4, -0.2) is 34.4 Å². The van der Waals surface area contributed by atoms with Crippen molar-refractivity contribution in [3.8, 4) is 0 Å². The summed E-state index contributed by atoms with van der Waals surface area (Å²) in [7, 11) is 0. The van der Waals surface area contributed by atoms with Crippen LogP contribution in [0.4, 0.5) is 5.69 Å². The maximum absolute atomic E-state index is 12.3. The van der Waals surface area contributed by atoms with Crippen LogP contribution < -0.4 is 5.48 Å². The van der Waals surface area contributed by atoms with Gasteiger partial charge in [0.25, 0.3) is 5.91 Å². The van der Waals surface area contributed by atoms with Crippen LogP contribution in [0.2, 0.25) is 0 Å². The lowest BCUT2D eigenvalue weighted by Crippen LogP contribution is -2.43. The zero-order valence-corrected chi connectivity index (χ0v) is 9.26. The van der Waals surface area contributed by atoms with Crippen LogP contribution in [-0.2, 0) is 0 Å². The number of para-hydroxylation sites is 1. The van der Waals surface area contributed by atoms with Gasteiger partial charge in [-0.05, 0) is 25.0 Å². The van der Waals surface area contributed by atoms with Gasteiger partial charge in [0, 0.05) is 6.54 Å². The molecular weight excluding hydrogens is 218 g/mol. The van der Waals surface area contributed by atoms with E-state index in [1.165, 1.54) is 0 Å². The fourth-order valence-corrected chi connectivity index (χ4v) is 2.50. The van der Waals surface area contributed by atoms with Crippen LogP contribution in [0, 0.1) is 0 Å². The smallest absolute Gasteiger partial charge is 0.256 e. The molecule has 88 valence electrons. The van der Waals surface area contributed by atoms with E-state index in [1.54, 1.807) is 17.0 Å². The van der Waals surface area contributed by atoms with Gasteiger partial charge in [0.15, 0.2) is 0 Å². The number of carbonyl (C=O) groups is 1. The number of benzene rings is 1. The Morgan fingerprint density at radius 1 is 1.41 bits per heavy atom. The first-order chi connectivity index (χ1) is 8.31. The molecule has 0 aliphatic carbocycles. The van der Waals surface area contributed by atoms with Crippen molar-refractivity contribution < 1.29 is 10.0 Å². The van der Waals surface area contributed by atoms with Gasteiger partial charge in [-0.1, -0.05) is 12.1 Å². The Morgan fingerprint density at radius 3 is 3.06 bits per heavy atom. The van der Waals surface area contributed by atoms with E-state index in [0.717, 1.165) is 19.4 Å². The maximum Gasteiger partial charge on any atom is 0.256 e. The highest BCUT2D eigenvalue weighted by Crippen LogP contribution is 2.29. The van der Waals surface area contributed by atoms with Gasteiger partial charge in [-0.2, -0.15) is 0 Å². The van der Waals surface area contributed by atoms with Crippen LogP contribution >= 0.6 is 0 Å². The van der Waals surface area contributed by atoms with E-state index in [4.69, 9.17) is 5.21 Å². The number of hydroxylamine groups is 1. The Bertz CT molecular complexity index is 498. The molecule has 5 nitrogen and oxygen atoms in total. The first kappa shape index (κ1) is 10.3. The van der Waals surface area contributed by atoms with Crippen molar-refractivity contribution in [2.24, 2.45) is 4.99 Å². The Morgan fingerprint density at radius 2 is 2.24 bits per heavy atom. The molecule has 2 aliphatic rings. The van der Waals surface area contributed by atoms with Crippen LogP contribution in [0.25, 0.3) is 0 Å². The largest absolute Gasteiger partial charge is 0.328 e. The second-order valence-electron chi connectivity index (χ2n) is 4.28. The predicted molar refractivity (Wildman–Crippen MR) is 62.5 cm³/mol. The standard InChI is InChI=1S/C12H13N3O2/c16-12-8-4-1-2-5-9(8)13-11(14-17)10-6-3-7-15(10)12/h1-2,4-5,10,17H,3,6-7H2,(H,13,14)/t10-/m0/s1. The lowest BCUT2D eigenvalue weighted by Gasteiger charge is -2.22. The van der Waals surface area contributed by atoms with E-state index in [0.29, 0.717) is 17.1 Å². The van der Waals surface area contributed by atoms with Crippen molar-refractivity contribution in [2.45, 2.75) is 18.9 Å². The zero-order valence-electron chi connectivity index (χ0n) is 9.26. The van der Waals surface area contributed by atoms with Crippen LogP contribution in [0.1, 0.15) is 23.2 Å². The number of amidine groups is 1. The Kier molecular flexibility index (Phi) is 2.33. The van der Waals surface area contributed by atoms with E-state index >= 15 is 0 Å². The minimum atomic E-state index is -0.125. The minimum absolute atomic E-state index is 0.00269. The molecule has 2 heterocycles. The summed E-state index contributed by atoms with van der Waals surface area (Å²) in [5.74, 6) is 0.456. The molecule has 0 unspecified atom stereocenters. The van der Waals surface area contributed by atoms with Gasteiger partial charge in [0.2, 0.25) is 0 Å². The number of nitrogens with zero attached hydrogens (tertiary/aromatic N) is 2. The van der Waals surface area contributed by atoms with Gasteiger partial charge in [0.05, 0.1) is 17.3 Å². The monoisotopic (exact) mass is 231 g/mol. The number of hydrogen-bond acceptors (Lipinski definition) is 4. The molecule has 0 spiro atoms. The molecule has 0 aromatic heterocycles. The van der Waals surface area contributed by atoms with Gasteiger partial charge < -0.3 is 4.90 Å². The second kappa shape index (κ2) is 3.85. The average Bonchev–Trinajstić information content (AvgIpc) is 2.81. The summed E-state index contributed by atoms with van der Waals surface area (Å²) in [4.78, 5) is 18.4. The Balaban J connectivity index is 2.15. The van der Waals surface area contributed by atoms with E-state index in [9.17, 15) is 4.79 Å². The molecular formula is C12H13N3O2. The Labute approximate surface area is 98.7 Å². The van der Waals surface area contributed by atoms with E-state index < -0.39 is 0 Å². The van der Waals surface area contributed by atoms with Crippen molar-refractivity contribution >= 4 is 17.4 Å². The minimum Gasteiger partial charge on any atom is -0.328 e. The summed E-state index contributed by atoms with van der Waals surface area (Å²) in [6.07, 6.45) is 1.78. The summed E-state index contributed by atoms with van der Waals surface area (Å²) >= 11 is 0. The fraction of sp³-hybridized carbons (Fsp3) is 0.333. The molecule has 2 aliphatic heterocycles. The molecule has 5 heteroatoms. The molecule has 0 radical (unpaired) electrons. The van der Waals surface area contributed by atoms with Crippen molar-refractivity contribution in [1.29, 1.82) is 0 Å². The summed E-state index contributed by atoms with van der Waals surface area (Å²) in [5.41, 5.74) is 3.35. The number of amides is 1. The maximum atomic E-state index is 12.3. The normalized spacial score (nSPS) is 22.6. The number of aliphatic imine (C=N–C) groups is 1. The number of rotatable bonds is 0. The van der Waals surface area contributed by atoms with Gasteiger partial charge in [-0.25, -0.2) is 4.99 Å². The molecule has 2 N–H and O–H groups in total. The summed E-state index contributed by atoms with van der Waals surface area (Å²) < 4.78 is 0. The highest BCUT2D eigenvalue weighted by Gasteiger charge is 2.36. The lowest BCUT2D eigenvalue weighted by molar-refractivity contribution is 0.0767. The van der Waals surface area contributed by atoms with Gasteiger partial charge in [-0.3, -0.25) is 15.5 Å². The third-order valence-corrected chi connectivity index (χ3v) is 3.32. The van der Waals surface area contributed by atoms with E-state index in [-0.39, 0.29) is 11.9 Å². The van der Waals surface area contributed by atoms with Crippen molar-refractivity contribution in [2.75, 3.05) is 6.54 Å².